The molecule has 0 saturated carbocycles. The van der Waals surface area contributed by atoms with Gasteiger partial charge in [-0.25, -0.2) is 4.39 Å². The molecule has 0 bridgehead atoms. The van der Waals surface area contributed by atoms with Crippen LogP contribution in [0, 0.1) is 5.82 Å². The summed E-state index contributed by atoms with van der Waals surface area (Å²) in [6.07, 6.45) is 0.889. The maximum absolute atomic E-state index is 13.6. The Morgan fingerprint density at radius 1 is 1.38 bits per heavy atom. The number of rotatable bonds is 8. The number of benzene rings is 1. The second-order valence-corrected chi connectivity index (χ2v) is 5.12. The Labute approximate surface area is 125 Å². The first-order valence-electron chi connectivity index (χ1n) is 7.00. The highest BCUT2D eigenvalue weighted by molar-refractivity contribution is 5.80. The van der Waals surface area contributed by atoms with Crippen LogP contribution in [0.5, 0.6) is 5.75 Å². The molecule has 1 unspecified atom stereocenters. The van der Waals surface area contributed by atoms with E-state index in [1.807, 2.05) is 13.8 Å². The standard InChI is InChI=1S/C16H23FN2O2/c1-5-6-18-16(20)12(4)21-15-8-13(7-14(17)9-15)10-19-11(2)3/h5,7-9,11-12,19H,1,6,10H2,2-4H3,(H,18,20). The quantitative estimate of drug-likeness (QED) is 0.724. The summed E-state index contributed by atoms with van der Waals surface area (Å²) in [6.45, 7) is 10.1. The lowest BCUT2D eigenvalue weighted by Crippen LogP contribution is -2.36. The number of hydrogen-bond donors (Lipinski definition) is 2. The van der Waals surface area contributed by atoms with Gasteiger partial charge in [0.15, 0.2) is 6.10 Å². The number of amides is 1. The van der Waals surface area contributed by atoms with Crippen LogP contribution < -0.4 is 15.4 Å². The van der Waals surface area contributed by atoms with Crippen molar-refractivity contribution in [1.82, 2.24) is 10.6 Å². The Morgan fingerprint density at radius 2 is 2.10 bits per heavy atom. The van der Waals surface area contributed by atoms with Crippen molar-refractivity contribution in [3.63, 3.8) is 0 Å². The summed E-state index contributed by atoms with van der Waals surface area (Å²) in [4.78, 5) is 11.7. The highest BCUT2D eigenvalue weighted by Gasteiger charge is 2.14. The highest BCUT2D eigenvalue weighted by Crippen LogP contribution is 2.18. The Hall–Kier alpha value is -1.88. The molecule has 5 heteroatoms. The van der Waals surface area contributed by atoms with Crippen molar-refractivity contribution in [1.29, 1.82) is 0 Å². The summed E-state index contributed by atoms with van der Waals surface area (Å²) < 4.78 is 19.1. The van der Waals surface area contributed by atoms with Crippen LogP contribution in [0.15, 0.2) is 30.9 Å². The molecule has 0 aromatic heterocycles. The number of ether oxygens (including phenoxy) is 1. The first kappa shape index (κ1) is 17.2. The van der Waals surface area contributed by atoms with Crippen molar-refractivity contribution < 1.29 is 13.9 Å². The van der Waals surface area contributed by atoms with E-state index in [1.54, 1.807) is 19.1 Å². The summed E-state index contributed by atoms with van der Waals surface area (Å²) in [5, 5.41) is 5.84. The zero-order chi connectivity index (χ0) is 15.8. The van der Waals surface area contributed by atoms with E-state index in [9.17, 15) is 9.18 Å². The molecule has 1 rings (SSSR count). The molecule has 1 amide bonds. The van der Waals surface area contributed by atoms with E-state index in [0.29, 0.717) is 24.9 Å². The molecule has 116 valence electrons. The molecule has 1 aromatic carbocycles. The fourth-order valence-corrected chi connectivity index (χ4v) is 1.69. The number of carbonyl (C=O) groups excluding carboxylic acids is 1. The predicted molar refractivity (Wildman–Crippen MR) is 81.7 cm³/mol. The van der Waals surface area contributed by atoms with E-state index in [0.717, 1.165) is 5.56 Å². The third-order valence-corrected chi connectivity index (χ3v) is 2.75. The molecule has 4 nitrogen and oxygen atoms in total. The van der Waals surface area contributed by atoms with Crippen molar-refractivity contribution >= 4 is 5.91 Å². The minimum Gasteiger partial charge on any atom is -0.481 e. The number of halogens is 1. The Bertz CT molecular complexity index is 489. The van der Waals surface area contributed by atoms with E-state index in [1.165, 1.54) is 12.1 Å². The highest BCUT2D eigenvalue weighted by atomic mass is 19.1. The minimum atomic E-state index is -0.697. The second-order valence-electron chi connectivity index (χ2n) is 5.12. The number of hydrogen-bond acceptors (Lipinski definition) is 3. The van der Waals surface area contributed by atoms with Crippen LogP contribution in [-0.2, 0) is 11.3 Å². The van der Waals surface area contributed by atoms with Crippen molar-refractivity contribution in [3.8, 4) is 5.75 Å². The molecule has 0 aliphatic carbocycles. The maximum atomic E-state index is 13.6. The summed E-state index contributed by atoms with van der Waals surface area (Å²) in [5.74, 6) is -0.301. The van der Waals surface area contributed by atoms with E-state index in [-0.39, 0.29) is 11.7 Å². The summed E-state index contributed by atoms with van der Waals surface area (Å²) in [7, 11) is 0. The van der Waals surface area contributed by atoms with Gasteiger partial charge in [0.05, 0.1) is 0 Å². The molecular weight excluding hydrogens is 271 g/mol. The Morgan fingerprint density at radius 3 is 2.71 bits per heavy atom. The molecule has 21 heavy (non-hydrogen) atoms. The van der Waals surface area contributed by atoms with Crippen LogP contribution in [0.1, 0.15) is 26.3 Å². The van der Waals surface area contributed by atoms with E-state index in [4.69, 9.17) is 4.74 Å². The predicted octanol–water partition coefficient (Wildman–Crippen LogP) is 2.39. The van der Waals surface area contributed by atoms with Gasteiger partial charge in [-0.15, -0.1) is 6.58 Å². The summed E-state index contributed by atoms with van der Waals surface area (Å²) in [5.41, 5.74) is 0.775. The fourth-order valence-electron chi connectivity index (χ4n) is 1.69. The minimum absolute atomic E-state index is 0.263. The van der Waals surface area contributed by atoms with Crippen LogP contribution in [0.3, 0.4) is 0 Å². The topological polar surface area (TPSA) is 50.4 Å². The molecule has 0 heterocycles. The average Bonchev–Trinajstić information content (AvgIpc) is 2.41. The molecule has 0 saturated heterocycles. The Kier molecular flexibility index (Phi) is 6.88. The van der Waals surface area contributed by atoms with Crippen molar-refractivity contribution in [3.05, 3.63) is 42.2 Å². The van der Waals surface area contributed by atoms with Gasteiger partial charge in [-0.3, -0.25) is 4.79 Å². The average molecular weight is 294 g/mol. The van der Waals surface area contributed by atoms with E-state index in [2.05, 4.69) is 17.2 Å². The molecular formula is C16H23FN2O2. The molecule has 1 aromatic rings. The van der Waals surface area contributed by atoms with Crippen molar-refractivity contribution in [2.45, 2.75) is 39.5 Å². The van der Waals surface area contributed by atoms with E-state index < -0.39 is 6.10 Å². The third-order valence-electron chi connectivity index (χ3n) is 2.75. The first-order valence-corrected chi connectivity index (χ1v) is 7.00. The maximum Gasteiger partial charge on any atom is 0.261 e. The van der Waals surface area contributed by atoms with Crippen molar-refractivity contribution in [2.24, 2.45) is 0 Å². The van der Waals surface area contributed by atoms with Gasteiger partial charge in [-0.1, -0.05) is 19.9 Å². The lowest BCUT2D eigenvalue weighted by atomic mass is 10.2. The molecule has 0 aliphatic heterocycles. The molecule has 0 aliphatic rings. The number of nitrogens with one attached hydrogen (secondary N) is 2. The third kappa shape index (κ3) is 6.40. The van der Waals surface area contributed by atoms with Crippen LogP contribution in [0.4, 0.5) is 4.39 Å². The lowest BCUT2D eigenvalue weighted by molar-refractivity contribution is -0.127. The van der Waals surface area contributed by atoms with Gasteiger partial charge < -0.3 is 15.4 Å². The molecule has 2 N–H and O–H groups in total. The van der Waals surface area contributed by atoms with Gasteiger partial charge in [-0.2, -0.15) is 0 Å². The van der Waals surface area contributed by atoms with Crippen LogP contribution in [0.25, 0.3) is 0 Å². The smallest absolute Gasteiger partial charge is 0.261 e. The monoisotopic (exact) mass is 294 g/mol. The molecule has 0 spiro atoms. The molecule has 1 atom stereocenters. The lowest BCUT2D eigenvalue weighted by Gasteiger charge is -2.15. The Balaban J connectivity index is 2.69. The van der Waals surface area contributed by atoms with Gasteiger partial charge >= 0.3 is 0 Å². The zero-order valence-corrected chi connectivity index (χ0v) is 12.8. The van der Waals surface area contributed by atoms with E-state index >= 15 is 0 Å². The fraction of sp³-hybridized carbons (Fsp3) is 0.438. The van der Waals surface area contributed by atoms with Gasteiger partial charge in [0.25, 0.3) is 5.91 Å². The van der Waals surface area contributed by atoms with Gasteiger partial charge in [0, 0.05) is 25.2 Å². The first-order chi connectivity index (χ1) is 9.92. The number of carbonyl (C=O) groups is 1. The normalized spacial score (nSPS) is 12.0. The van der Waals surface area contributed by atoms with Crippen LogP contribution in [0.2, 0.25) is 0 Å². The van der Waals surface area contributed by atoms with Crippen LogP contribution in [-0.4, -0.2) is 24.6 Å². The largest absolute Gasteiger partial charge is 0.481 e. The summed E-state index contributed by atoms with van der Waals surface area (Å²) >= 11 is 0. The van der Waals surface area contributed by atoms with Crippen LogP contribution >= 0.6 is 0 Å². The zero-order valence-electron chi connectivity index (χ0n) is 12.8. The molecule has 0 fully saturated rings. The summed E-state index contributed by atoms with van der Waals surface area (Å²) in [6, 6.07) is 4.76. The van der Waals surface area contributed by atoms with Crippen molar-refractivity contribution in [2.75, 3.05) is 6.54 Å². The second kappa shape index (κ2) is 8.42. The van der Waals surface area contributed by atoms with Gasteiger partial charge in [0.2, 0.25) is 0 Å². The van der Waals surface area contributed by atoms with Gasteiger partial charge in [0.1, 0.15) is 11.6 Å². The van der Waals surface area contributed by atoms with Gasteiger partial charge in [-0.05, 0) is 24.6 Å². The SMILES string of the molecule is C=CCNC(=O)C(C)Oc1cc(F)cc(CNC(C)C)c1. The molecule has 0 radical (unpaired) electrons.